The van der Waals surface area contributed by atoms with Crippen LogP contribution in [0.25, 0.3) is 0 Å². The predicted octanol–water partition coefficient (Wildman–Crippen LogP) is 3.70. The topological polar surface area (TPSA) is 55.4 Å². The van der Waals surface area contributed by atoms with Crippen molar-refractivity contribution in [3.8, 4) is 0 Å². The molecule has 1 aliphatic carbocycles. The van der Waals surface area contributed by atoms with Crippen molar-refractivity contribution < 1.29 is 14.3 Å². The Kier molecular flexibility index (Phi) is 4.47. The summed E-state index contributed by atoms with van der Waals surface area (Å²) < 4.78 is 4.68. The summed E-state index contributed by atoms with van der Waals surface area (Å²) in [5.41, 5.74) is 1.56. The zero-order valence-electron chi connectivity index (χ0n) is 13.5. The highest BCUT2D eigenvalue weighted by Gasteiger charge is 2.40. The van der Waals surface area contributed by atoms with Crippen LogP contribution in [-0.4, -0.2) is 19.0 Å². The summed E-state index contributed by atoms with van der Waals surface area (Å²) in [6.45, 7) is 0. The lowest BCUT2D eigenvalue weighted by Crippen LogP contribution is -2.38. The van der Waals surface area contributed by atoms with E-state index < -0.39 is 11.4 Å². The van der Waals surface area contributed by atoms with Gasteiger partial charge in [-0.3, -0.25) is 4.79 Å². The number of anilines is 1. The van der Waals surface area contributed by atoms with Crippen LogP contribution in [0.5, 0.6) is 0 Å². The van der Waals surface area contributed by atoms with Gasteiger partial charge in [-0.1, -0.05) is 42.5 Å². The molecular weight excluding hydrogens is 302 g/mol. The van der Waals surface area contributed by atoms with Gasteiger partial charge >= 0.3 is 5.97 Å². The Labute approximate surface area is 141 Å². The maximum Gasteiger partial charge on any atom is 0.337 e. The molecule has 0 fully saturated rings. The molecule has 0 spiro atoms. The maximum atomic E-state index is 13.0. The number of carbonyl (C=O) groups excluding carboxylic acids is 2. The van der Waals surface area contributed by atoms with Crippen LogP contribution in [-0.2, 0) is 14.9 Å². The first-order valence-electron chi connectivity index (χ1n) is 7.86. The minimum atomic E-state index is -0.567. The van der Waals surface area contributed by atoms with E-state index in [1.165, 1.54) is 7.11 Å². The summed E-state index contributed by atoms with van der Waals surface area (Å²) in [4.78, 5) is 24.4. The minimum absolute atomic E-state index is 0.0375. The monoisotopic (exact) mass is 321 g/mol. The lowest BCUT2D eigenvalue weighted by Gasteiger charge is -2.28. The number of benzene rings is 2. The Hall–Kier alpha value is -2.88. The second-order valence-corrected chi connectivity index (χ2v) is 5.85. The van der Waals surface area contributed by atoms with Crippen LogP contribution in [0.3, 0.4) is 0 Å². The lowest BCUT2D eigenvalue weighted by molar-refractivity contribution is -0.121. The van der Waals surface area contributed by atoms with Gasteiger partial charge in [-0.25, -0.2) is 4.79 Å². The van der Waals surface area contributed by atoms with Gasteiger partial charge in [0.05, 0.1) is 18.1 Å². The Bertz CT molecular complexity index is 755. The SMILES string of the molecule is COC(=O)c1ccc(NC(=O)C2(c3ccccc3)CC=CC2)cc1. The summed E-state index contributed by atoms with van der Waals surface area (Å²) in [6, 6.07) is 16.5. The van der Waals surface area contributed by atoms with E-state index in [2.05, 4.69) is 10.1 Å². The molecule has 3 rings (SSSR count). The average Bonchev–Trinajstić information content (AvgIpc) is 3.13. The molecule has 0 saturated heterocycles. The maximum absolute atomic E-state index is 13.0. The number of allylic oxidation sites excluding steroid dienone is 2. The van der Waals surface area contributed by atoms with E-state index in [0.717, 1.165) is 5.56 Å². The molecule has 0 aliphatic heterocycles. The molecular formula is C20H19NO3. The first-order chi connectivity index (χ1) is 11.7. The van der Waals surface area contributed by atoms with Gasteiger partial charge in [0.2, 0.25) is 5.91 Å². The van der Waals surface area contributed by atoms with Crippen molar-refractivity contribution in [3.63, 3.8) is 0 Å². The standard InChI is InChI=1S/C20H19NO3/c1-24-18(22)15-9-11-17(12-10-15)21-19(23)20(13-5-6-14-20)16-7-3-2-4-8-16/h2-12H,13-14H2,1H3,(H,21,23). The highest BCUT2D eigenvalue weighted by molar-refractivity contribution is 6.00. The van der Waals surface area contributed by atoms with Gasteiger partial charge < -0.3 is 10.1 Å². The molecule has 4 heteroatoms. The zero-order chi connectivity index (χ0) is 17.0. The predicted molar refractivity (Wildman–Crippen MR) is 92.9 cm³/mol. The fourth-order valence-electron chi connectivity index (χ4n) is 3.02. The van der Waals surface area contributed by atoms with E-state index in [0.29, 0.717) is 24.1 Å². The molecule has 1 aliphatic rings. The van der Waals surface area contributed by atoms with Gasteiger partial charge in [-0.2, -0.15) is 0 Å². The van der Waals surface area contributed by atoms with E-state index in [-0.39, 0.29) is 5.91 Å². The van der Waals surface area contributed by atoms with E-state index in [1.807, 2.05) is 42.5 Å². The first-order valence-corrected chi connectivity index (χ1v) is 7.86. The van der Waals surface area contributed by atoms with Crippen molar-refractivity contribution in [2.75, 3.05) is 12.4 Å². The molecule has 0 atom stereocenters. The summed E-state index contributed by atoms with van der Waals surface area (Å²) in [7, 11) is 1.34. The van der Waals surface area contributed by atoms with Crippen LogP contribution in [0.15, 0.2) is 66.7 Å². The Morgan fingerprint density at radius 3 is 2.17 bits per heavy atom. The number of esters is 1. The second-order valence-electron chi connectivity index (χ2n) is 5.85. The van der Waals surface area contributed by atoms with Gasteiger partial charge in [0, 0.05) is 5.69 Å². The molecule has 0 unspecified atom stereocenters. The van der Waals surface area contributed by atoms with Gasteiger partial charge in [0.15, 0.2) is 0 Å². The number of hydrogen-bond donors (Lipinski definition) is 1. The molecule has 0 saturated carbocycles. The molecule has 24 heavy (non-hydrogen) atoms. The van der Waals surface area contributed by atoms with Gasteiger partial charge in [-0.05, 0) is 42.7 Å². The third-order valence-corrected chi connectivity index (χ3v) is 4.42. The smallest absolute Gasteiger partial charge is 0.337 e. The third kappa shape index (κ3) is 2.95. The van der Waals surface area contributed by atoms with Crippen molar-refractivity contribution >= 4 is 17.6 Å². The minimum Gasteiger partial charge on any atom is -0.465 e. The van der Waals surface area contributed by atoms with Crippen molar-refractivity contribution in [3.05, 3.63) is 77.9 Å². The molecule has 0 bridgehead atoms. The quantitative estimate of drug-likeness (QED) is 0.690. The largest absolute Gasteiger partial charge is 0.465 e. The van der Waals surface area contributed by atoms with Crippen molar-refractivity contribution in [2.45, 2.75) is 18.3 Å². The molecule has 4 nitrogen and oxygen atoms in total. The normalized spacial score (nSPS) is 15.0. The van der Waals surface area contributed by atoms with E-state index in [4.69, 9.17) is 0 Å². The average molecular weight is 321 g/mol. The van der Waals surface area contributed by atoms with Crippen molar-refractivity contribution in [1.82, 2.24) is 0 Å². The van der Waals surface area contributed by atoms with Gasteiger partial charge in [-0.15, -0.1) is 0 Å². The van der Waals surface area contributed by atoms with E-state index in [9.17, 15) is 9.59 Å². The fourth-order valence-corrected chi connectivity index (χ4v) is 3.02. The number of amides is 1. The van der Waals surface area contributed by atoms with Crippen LogP contribution in [0.4, 0.5) is 5.69 Å². The Morgan fingerprint density at radius 1 is 0.958 bits per heavy atom. The van der Waals surface area contributed by atoms with Crippen LogP contribution >= 0.6 is 0 Å². The number of methoxy groups -OCH3 is 1. The Balaban J connectivity index is 1.81. The fraction of sp³-hybridized carbons (Fsp3) is 0.200. The van der Waals surface area contributed by atoms with Crippen molar-refractivity contribution in [2.24, 2.45) is 0 Å². The molecule has 0 heterocycles. The first kappa shape index (κ1) is 16.0. The molecule has 2 aromatic rings. The second kappa shape index (κ2) is 6.71. The zero-order valence-corrected chi connectivity index (χ0v) is 13.5. The highest BCUT2D eigenvalue weighted by Crippen LogP contribution is 2.38. The molecule has 0 aromatic heterocycles. The highest BCUT2D eigenvalue weighted by atomic mass is 16.5. The summed E-state index contributed by atoms with van der Waals surface area (Å²) in [6.07, 6.45) is 5.46. The number of nitrogens with one attached hydrogen (secondary N) is 1. The van der Waals surface area contributed by atoms with E-state index in [1.54, 1.807) is 24.3 Å². The molecule has 1 N–H and O–H groups in total. The van der Waals surface area contributed by atoms with Crippen LogP contribution in [0, 0.1) is 0 Å². The summed E-state index contributed by atoms with van der Waals surface area (Å²) >= 11 is 0. The van der Waals surface area contributed by atoms with Crippen LogP contribution in [0.1, 0.15) is 28.8 Å². The third-order valence-electron chi connectivity index (χ3n) is 4.42. The van der Waals surface area contributed by atoms with Crippen LogP contribution < -0.4 is 5.32 Å². The number of carbonyl (C=O) groups is 2. The lowest BCUT2D eigenvalue weighted by atomic mass is 9.77. The van der Waals surface area contributed by atoms with Gasteiger partial charge in [0.1, 0.15) is 0 Å². The number of hydrogen-bond acceptors (Lipinski definition) is 3. The van der Waals surface area contributed by atoms with Crippen molar-refractivity contribution in [1.29, 1.82) is 0 Å². The van der Waals surface area contributed by atoms with Crippen LogP contribution in [0.2, 0.25) is 0 Å². The molecule has 0 radical (unpaired) electrons. The van der Waals surface area contributed by atoms with Gasteiger partial charge in [0.25, 0.3) is 0 Å². The summed E-state index contributed by atoms with van der Waals surface area (Å²) in [5.74, 6) is -0.432. The molecule has 2 aromatic carbocycles. The number of ether oxygens (including phenoxy) is 1. The Morgan fingerprint density at radius 2 is 1.58 bits per heavy atom. The summed E-state index contributed by atoms with van der Waals surface area (Å²) in [5, 5.41) is 2.98. The van der Waals surface area contributed by atoms with E-state index >= 15 is 0 Å². The molecule has 1 amide bonds. The number of rotatable bonds is 4. The molecule has 122 valence electrons.